The lowest BCUT2D eigenvalue weighted by molar-refractivity contribution is 0.517. The Bertz CT molecular complexity index is 372. The van der Waals surface area contributed by atoms with Crippen molar-refractivity contribution in [1.29, 1.82) is 0 Å². The van der Waals surface area contributed by atoms with Crippen LogP contribution in [0.1, 0.15) is 31.1 Å². The van der Waals surface area contributed by atoms with E-state index in [9.17, 15) is 4.21 Å². The van der Waals surface area contributed by atoms with Gasteiger partial charge in [-0.3, -0.25) is 8.89 Å². The molecule has 0 radical (unpaired) electrons. The van der Waals surface area contributed by atoms with Crippen LogP contribution in [0.4, 0.5) is 0 Å². The Morgan fingerprint density at radius 2 is 2.23 bits per heavy atom. The van der Waals surface area contributed by atoms with Gasteiger partial charge in [0.1, 0.15) is 4.60 Å². The molecule has 5 heteroatoms. The van der Waals surface area contributed by atoms with Crippen LogP contribution in [-0.4, -0.2) is 14.0 Å². The molecule has 0 saturated heterocycles. The van der Waals surface area contributed by atoms with Crippen molar-refractivity contribution in [2.45, 2.75) is 31.4 Å². The molecule has 1 aromatic heterocycles. The summed E-state index contributed by atoms with van der Waals surface area (Å²) in [5, 5.41) is 4.42. The van der Waals surface area contributed by atoms with Crippen molar-refractivity contribution in [3.63, 3.8) is 0 Å². The minimum atomic E-state index is -0.726. The number of fused-ring (bicyclic) bond motifs is 1. The molecule has 3 nitrogen and oxygen atoms in total. The first-order valence-electron chi connectivity index (χ1n) is 4.20. The molecule has 72 valence electrons. The molecule has 0 bridgehead atoms. The molecular formula is C8H11BrN2OS. The quantitative estimate of drug-likeness (QED) is 0.776. The standard InChI is InChI=1S/C8H11BrN2OS/c1-5(2)11-8(9)6-3-13(12)4-7(6)10-11/h5H,3-4H2,1-2H3. The first-order chi connectivity index (χ1) is 6.09. The van der Waals surface area contributed by atoms with Gasteiger partial charge in [-0.1, -0.05) is 0 Å². The molecule has 1 aliphatic rings. The Morgan fingerprint density at radius 1 is 1.54 bits per heavy atom. The second-order valence-electron chi connectivity index (χ2n) is 3.48. The summed E-state index contributed by atoms with van der Waals surface area (Å²) in [6, 6.07) is 0.355. The molecule has 0 aromatic carbocycles. The number of hydrogen-bond acceptors (Lipinski definition) is 2. The SMILES string of the molecule is CC(C)n1nc2c(c1Br)CS(=O)C2. The van der Waals surface area contributed by atoms with Crippen molar-refractivity contribution in [3.05, 3.63) is 15.9 Å². The second-order valence-corrected chi connectivity index (χ2v) is 5.69. The summed E-state index contributed by atoms with van der Waals surface area (Å²) in [6.07, 6.45) is 0. The van der Waals surface area contributed by atoms with Crippen molar-refractivity contribution in [3.8, 4) is 0 Å². The third kappa shape index (κ3) is 1.48. The second kappa shape index (κ2) is 3.20. The fourth-order valence-electron chi connectivity index (χ4n) is 1.46. The lowest BCUT2D eigenvalue weighted by Crippen LogP contribution is -2.05. The van der Waals surface area contributed by atoms with E-state index in [2.05, 4.69) is 34.9 Å². The molecule has 0 spiro atoms. The zero-order chi connectivity index (χ0) is 9.59. The predicted molar refractivity (Wildman–Crippen MR) is 55.9 cm³/mol. The molecule has 2 heterocycles. The van der Waals surface area contributed by atoms with E-state index in [1.807, 2.05) is 4.68 Å². The Labute approximate surface area is 88.1 Å². The highest BCUT2D eigenvalue weighted by molar-refractivity contribution is 9.10. The van der Waals surface area contributed by atoms with E-state index in [4.69, 9.17) is 0 Å². The summed E-state index contributed by atoms with van der Waals surface area (Å²) in [6.45, 7) is 4.17. The molecule has 13 heavy (non-hydrogen) atoms. The number of rotatable bonds is 1. The molecule has 0 saturated carbocycles. The van der Waals surface area contributed by atoms with Gasteiger partial charge in [0.15, 0.2) is 0 Å². The van der Waals surface area contributed by atoms with Crippen LogP contribution >= 0.6 is 15.9 Å². The molecule has 0 amide bonds. The van der Waals surface area contributed by atoms with Crippen LogP contribution in [0.15, 0.2) is 4.60 Å². The molecule has 1 aliphatic heterocycles. The number of aromatic nitrogens is 2. The van der Waals surface area contributed by atoms with Crippen LogP contribution < -0.4 is 0 Å². The van der Waals surface area contributed by atoms with E-state index in [0.29, 0.717) is 17.5 Å². The third-order valence-corrected chi connectivity index (χ3v) is 4.17. The fraction of sp³-hybridized carbons (Fsp3) is 0.625. The van der Waals surface area contributed by atoms with Crippen LogP contribution in [0.5, 0.6) is 0 Å². The van der Waals surface area contributed by atoms with E-state index < -0.39 is 10.8 Å². The molecule has 0 aliphatic carbocycles. The van der Waals surface area contributed by atoms with Crippen molar-refractivity contribution in [1.82, 2.24) is 9.78 Å². The molecule has 1 unspecified atom stereocenters. The molecule has 0 N–H and O–H groups in total. The first-order valence-corrected chi connectivity index (χ1v) is 6.48. The van der Waals surface area contributed by atoms with Crippen LogP contribution in [0, 0.1) is 0 Å². The van der Waals surface area contributed by atoms with Crippen LogP contribution in [-0.2, 0) is 22.3 Å². The Morgan fingerprint density at radius 3 is 2.77 bits per heavy atom. The van der Waals surface area contributed by atoms with Gasteiger partial charge in [0, 0.05) is 22.4 Å². The molecule has 1 aromatic rings. The van der Waals surface area contributed by atoms with Gasteiger partial charge in [-0.2, -0.15) is 5.10 Å². The Hall–Kier alpha value is -0.160. The van der Waals surface area contributed by atoms with E-state index in [-0.39, 0.29) is 0 Å². The Kier molecular flexibility index (Phi) is 2.32. The van der Waals surface area contributed by atoms with E-state index in [1.165, 1.54) is 0 Å². The van der Waals surface area contributed by atoms with Crippen LogP contribution in [0.3, 0.4) is 0 Å². The maximum atomic E-state index is 11.2. The van der Waals surface area contributed by atoms with Gasteiger partial charge in [0.05, 0.1) is 17.2 Å². The average Bonchev–Trinajstić information content (AvgIpc) is 2.51. The van der Waals surface area contributed by atoms with Crippen molar-refractivity contribution in [2.75, 3.05) is 0 Å². The summed E-state index contributed by atoms with van der Waals surface area (Å²) >= 11 is 3.50. The minimum absolute atomic E-state index is 0.355. The lowest BCUT2D eigenvalue weighted by atomic mass is 10.3. The minimum Gasteiger partial charge on any atom is -0.259 e. The van der Waals surface area contributed by atoms with E-state index in [0.717, 1.165) is 15.9 Å². The summed E-state index contributed by atoms with van der Waals surface area (Å²) in [5.74, 6) is 1.27. The maximum absolute atomic E-state index is 11.2. The maximum Gasteiger partial charge on any atom is 0.108 e. The monoisotopic (exact) mass is 262 g/mol. The zero-order valence-electron chi connectivity index (χ0n) is 7.58. The molecule has 0 fully saturated rings. The van der Waals surface area contributed by atoms with Gasteiger partial charge in [-0.25, -0.2) is 0 Å². The highest BCUT2D eigenvalue weighted by Crippen LogP contribution is 2.30. The predicted octanol–water partition coefficient (Wildman–Crippen LogP) is 1.99. The smallest absolute Gasteiger partial charge is 0.108 e. The first kappa shape index (κ1) is 9.40. The van der Waals surface area contributed by atoms with Gasteiger partial charge in [0.25, 0.3) is 0 Å². The van der Waals surface area contributed by atoms with Gasteiger partial charge < -0.3 is 0 Å². The van der Waals surface area contributed by atoms with E-state index >= 15 is 0 Å². The van der Waals surface area contributed by atoms with E-state index in [1.54, 1.807) is 0 Å². The zero-order valence-corrected chi connectivity index (χ0v) is 9.98. The van der Waals surface area contributed by atoms with Gasteiger partial charge in [-0.15, -0.1) is 0 Å². The largest absolute Gasteiger partial charge is 0.259 e. The Balaban J connectivity index is 2.47. The van der Waals surface area contributed by atoms with Gasteiger partial charge in [-0.05, 0) is 29.8 Å². The number of hydrogen-bond donors (Lipinski definition) is 0. The van der Waals surface area contributed by atoms with Crippen molar-refractivity contribution in [2.24, 2.45) is 0 Å². The lowest BCUT2D eigenvalue weighted by Gasteiger charge is -2.07. The molecule has 2 rings (SSSR count). The van der Waals surface area contributed by atoms with Crippen LogP contribution in [0.2, 0.25) is 0 Å². The fourth-order valence-corrected chi connectivity index (χ4v) is 3.76. The molecular weight excluding hydrogens is 252 g/mol. The van der Waals surface area contributed by atoms with Crippen molar-refractivity contribution < 1.29 is 4.21 Å². The summed E-state index contributed by atoms with van der Waals surface area (Å²) < 4.78 is 14.2. The average molecular weight is 263 g/mol. The van der Waals surface area contributed by atoms with Crippen LogP contribution in [0.25, 0.3) is 0 Å². The number of halogens is 1. The topological polar surface area (TPSA) is 34.9 Å². The highest BCUT2D eigenvalue weighted by atomic mass is 79.9. The summed E-state index contributed by atoms with van der Waals surface area (Å²) in [7, 11) is -0.726. The summed E-state index contributed by atoms with van der Waals surface area (Å²) in [5.41, 5.74) is 2.13. The summed E-state index contributed by atoms with van der Waals surface area (Å²) in [4.78, 5) is 0. The third-order valence-electron chi connectivity index (χ3n) is 2.12. The normalized spacial score (nSPS) is 21.1. The highest BCUT2D eigenvalue weighted by Gasteiger charge is 2.25. The van der Waals surface area contributed by atoms with Gasteiger partial charge in [0.2, 0.25) is 0 Å². The molecule has 1 atom stereocenters. The number of nitrogens with zero attached hydrogens (tertiary/aromatic N) is 2. The van der Waals surface area contributed by atoms with Crippen molar-refractivity contribution >= 4 is 26.7 Å². The van der Waals surface area contributed by atoms with Gasteiger partial charge >= 0.3 is 0 Å².